The molecule has 1 unspecified atom stereocenters. The molecule has 1 aliphatic rings. The average molecular weight is 353 g/mol. The molecule has 0 saturated heterocycles. The van der Waals surface area contributed by atoms with E-state index in [1.807, 2.05) is 19.1 Å². The Bertz CT molecular complexity index is 858. The summed E-state index contributed by atoms with van der Waals surface area (Å²) in [5, 5.41) is 16.1. The summed E-state index contributed by atoms with van der Waals surface area (Å²) in [4.78, 5) is 6.51. The summed E-state index contributed by atoms with van der Waals surface area (Å²) < 4.78 is 7.98. The Balaban J connectivity index is 1.44. The summed E-state index contributed by atoms with van der Waals surface area (Å²) in [5.74, 6) is 2.61. The zero-order chi connectivity index (χ0) is 17.9. The van der Waals surface area contributed by atoms with Crippen LogP contribution in [0.25, 0.3) is 0 Å². The van der Waals surface area contributed by atoms with Crippen molar-refractivity contribution in [2.75, 3.05) is 6.54 Å². The largest absolute Gasteiger partial charge is 0.484 e. The minimum absolute atomic E-state index is 0.379. The van der Waals surface area contributed by atoms with Gasteiger partial charge in [0.15, 0.2) is 5.82 Å². The monoisotopic (exact) mass is 353 g/mol. The van der Waals surface area contributed by atoms with Gasteiger partial charge in [0.05, 0.1) is 11.9 Å². The number of fused-ring (bicyclic) bond motifs is 1. The van der Waals surface area contributed by atoms with Gasteiger partial charge in [-0.25, -0.2) is 0 Å². The molecule has 3 aromatic rings. The van der Waals surface area contributed by atoms with E-state index in [0.29, 0.717) is 12.6 Å². The Labute approximate surface area is 152 Å². The molecule has 8 heteroatoms. The lowest BCUT2D eigenvalue weighted by Crippen LogP contribution is -2.34. The average Bonchev–Trinajstić information content (AvgIpc) is 3.19. The van der Waals surface area contributed by atoms with Crippen LogP contribution in [-0.2, 0) is 26.1 Å². The highest BCUT2D eigenvalue weighted by Gasteiger charge is 2.24. The molecule has 136 valence electrons. The van der Waals surface area contributed by atoms with Crippen molar-refractivity contribution in [1.82, 2.24) is 34.8 Å². The van der Waals surface area contributed by atoms with E-state index in [0.717, 1.165) is 54.8 Å². The van der Waals surface area contributed by atoms with Crippen molar-refractivity contribution < 1.29 is 4.74 Å². The van der Waals surface area contributed by atoms with Crippen molar-refractivity contribution in [2.24, 2.45) is 0 Å². The van der Waals surface area contributed by atoms with Gasteiger partial charge in [0.25, 0.3) is 0 Å². The van der Waals surface area contributed by atoms with Crippen LogP contribution < -0.4 is 4.74 Å². The topological polar surface area (TPSA) is 84.8 Å². The second-order valence-corrected chi connectivity index (χ2v) is 6.73. The second-order valence-electron chi connectivity index (χ2n) is 6.73. The summed E-state index contributed by atoms with van der Waals surface area (Å²) in [7, 11) is 0. The molecule has 0 radical (unpaired) electrons. The van der Waals surface area contributed by atoms with Gasteiger partial charge in [-0.3, -0.25) is 15.0 Å². The fourth-order valence-electron chi connectivity index (χ4n) is 3.31. The summed E-state index contributed by atoms with van der Waals surface area (Å²) in [6.45, 7) is 7.27. The molecule has 26 heavy (non-hydrogen) atoms. The molecule has 0 amide bonds. The van der Waals surface area contributed by atoms with Crippen molar-refractivity contribution in [2.45, 2.75) is 46.0 Å². The number of aryl methyl sites for hydroxylation is 1. The van der Waals surface area contributed by atoms with E-state index in [2.05, 4.69) is 47.8 Å². The fourth-order valence-corrected chi connectivity index (χ4v) is 3.31. The smallest absolute Gasteiger partial charge is 0.171 e. The number of hydrogen-bond acceptors (Lipinski definition) is 6. The summed E-state index contributed by atoms with van der Waals surface area (Å²) in [6.07, 6.45) is 4.30. The standard InChI is InChI=1S/C18H23N7O/c1-13-8-15(21-20-13)11-24-6-7-25-17(9-14(24)2)22-23-18(25)12-26-16-4-3-5-19-10-16/h3-5,8,10,14H,6-7,9,11-12H2,1-2H3,(H,20,21). The van der Waals surface area contributed by atoms with Crippen LogP contribution in [0.5, 0.6) is 5.75 Å². The van der Waals surface area contributed by atoms with Gasteiger partial charge < -0.3 is 9.30 Å². The molecule has 1 N–H and O–H groups in total. The van der Waals surface area contributed by atoms with Crippen molar-refractivity contribution in [3.05, 3.63) is 53.6 Å². The van der Waals surface area contributed by atoms with Gasteiger partial charge in [0, 0.05) is 44.0 Å². The number of aromatic nitrogens is 6. The Morgan fingerprint density at radius 3 is 3.00 bits per heavy atom. The highest BCUT2D eigenvalue weighted by Crippen LogP contribution is 2.18. The third-order valence-corrected chi connectivity index (χ3v) is 4.74. The van der Waals surface area contributed by atoms with Crippen LogP contribution in [0.2, 0.25) is 0 Å². The maximum Gasteiger partial charge on any atom is 0.171 e. The number of hydrogen-bond donors (Lipinski definition) is 1. The molecule has 8 nitrogen and oxygen atoms in total. The van der Waals surface area contributed by atoms with Gasteiger partial charge >= 0.3 is 0 Å². The Hall–Kier alpha value is -2.74. The fraction of sp³-hybridized carbons (Fsp3) is 0.444. The van der Waals surface area contributed by atoms with Crippen LogP contribution in [0.4, 0.5) is 0 Å². The third-order valence-electron chi connectivity index (χ3n) is 4.74. The normalized spacial score (nSPS) is 17.7. The summed E-state index contributed by atoms with van der Waals surface area (Å²) in [5.41, 5.74) is 2.17. The Morgan fingerprint density at radius 1 is 1.31 bits per heavy atom. The molecule has 4 heterocycles. The number of nitrogens with zero attached hydrogens (tertiary/aromatic N) is 6. The molecular weight excluding hydrogens is 330 g/mol. The van der Waals surface area contributed by atoms with Gasteiger partial charge in [-0.15, -0.1) is 10.2 Å². The van der Waals surface area contributed by atoms with Crippen LogP contribution in [0.15, 0.2) is 30.6 Å². The van der Waals surface area contributed by atoms with Crippen molar-refractivity contribution in [1.29, 1.82) is 0 Å². The molecule has 0 aliphatic carbocycles. The quantitative estimate of drug-likeness (QED) is 0.752. The summed E-state index contributed by atoms with van der Waals surface area (Å²) in [6, 6.07) is 6.23. The molecule has 4 rings (SSSR count). The van der Waals surface area contributed by atoms with Gasteiger partial charge in [0.2, 0.25) is 0 Å². The minimum atomic E-state index is 0.379. The van der Waals surface area contributed by atoms with E-state index >= 15 is 0 Å². The lowest BCUT2D eigenvalue weighted by Gasteiger charge is -2.25. The van der Waals surface area contributed by atoms with Gasteiger partial charge in [-0.05, 0) is 32.0 Å². The Kier molecular flexibility index (Phi) is 4.66. The highest BCUT2D eigenvalue weighted by molar-refractivity contribution is 5.15. The molecule has 0 fully saturated rings. The van der Waals surface area contributed by atoms with E-state index < -0.39 is 0 Å². The van der Waals surface area contributed by atoms with E-state index in [9.17, 15) is 0 Å². The first-order valence-corrected chi connectivity index (χ1v) is 8.88. The predicted octanol–water partition coefficient (Wildman–Crippen LogP) is 1.73. The number of nitrogens with one attached hydrogen (secondary N) is 1. The van der Waals surface area contributed by atoms with E-state index in [1.165, 1.54) is 0 Å². The van der Waals surface area contributed by atoms with E-state index in [-0.39, 0.29) is 0 Å². The van der Waals surface area contributed by atoms with Gasteiger partial charge in [0.1, 0.15) is 18.2 Å². The number of pyridine rings is 1. The molecule has 0 saturated carbocycles. The van der Waals surface area contributed by atoms with Crippen molar-refractivity contribution >= 4 is 0 Å². The molecule has 1 aliphatic heterocycles. The van der Waals surface area contributed by atoms with Crippen LogP contribution in [0.1, 0.15) is 30.0 Å². The van der Waals surface area contributed by atoms with Gasteiger partial charge in [-0.2, -0.15) is 5.10 Å². The number of ether oxygens (including phenoxy) is 1. The summed E-state index contributed by atoms with van der Waals surface area (Å²) >= 11 is 0. The SMILES string of the molecule is Cc1cc(CN2CCn3c(COc4cccnc4)nnc3CC2C)n[nH]1. The van der Waals surface area contributed by atoms with Crippen LogP contribution in [0, 0.1) is 6.92 Å². The molecule has 0 spiro atoms. The minimum Gasteiger partial charge on any atom is -0.484 e. The predicted molar refractivity (Wildman–Crippen MR) is 95.5 cm³/mol. The molecule has 0 aromatic carbocycles. The molecule has 3 aromatic heterocycles. The third kappa shape index (κ3) is 3.60. The zero-order valence-electron chi connectivity index (χ0n) is 15.1. The number of H-pyrrole nitrogens is 1. The van der Waals surface area contributed by atoms with E-state index in [1.54, 1.807) is 12.4 Å². The first-order chi connectivity index (χ1) is 12.7. The Morgan fingerprint density at radius 2 is 2.23 bits per heavy atom. The first-order valence-electron chi connectivity index (χ1n) is 8.88. The lowest BCUT2D eigenvalue weighted by atomic mass is 10.2. The van der Waals surface area contributed by atoms with Crippen LogP contribution >= 0.6 is 0 Å². The number of aromatic amines is 1. The lowest BCUT2D eigenvalue weighted by molar-refractivity contribution is 0.199. The van der Waals surface area contributed by atoms with Crippen LogP contribution in [0.3, 0.4) is 0 Å². The maximum absolute atomic E-state index is 5.80. The molecule has 0 bridgehead atoms. The van der Waals surface area contributed by atoms with Crippen LogP contribution in [-0.4, -0.2) is 47.4 Å². The van der Waals surface area contributed by atoms with Crippen molar-refractivity contribution in [3.63, 3.8) is 0 Å². The maximum atomic E-state index is 5.80. The van der Waals surface area contributed by atoms with Gasteiger partial charge in [-0.1, -0.05) is 0 Å². The first kappa shape index (κ1) is 16.7. The number of rotatable bonds is 5. The highest BCUT2D eigenvalue weighted by atomic mass is 16.5. The zero-order valence-corrected chi connectivity index (χ0v) is 15.1. The molecular formula is C18H23N7O. The second kappa shape index (κ2) is 7.25. The van der Waals surface area contributed by atoms with E-state index in [4.69, 9.17) is 4.74 Å². The molecule has 1 atom stereocenters. The van der Waals surface area contributed by atoms with Crippen molar-refractivity contribution in [3.8, 4) is 5.75 Å².